The molecule has 0 radical (unpaired) electrons. The molecule has 0 bridgehead atoms. The first kappa shape index (κ1) is 17.3. The summed E-state index contributed by atoms with van der Waals surface area (Å²) in [6, 6.07) is 5.93. The van der Waals surface area contributed by atoms with Crippen molar-refractivity contribution < 1.29 is 4.79 Å². The molecular weight excluding hydrogens is 370 g/mol. The molecule has 0 spiro atoms. The predicted octanol–water partition coefficient (Wildman–Crippen LogP) is 4.33. The Bertz CT molecular complexity index is 1240. The van der Waals surface area contributed by atoms with E-state index in [4.69, 9.17) is 0 Å². The molecule has 1 N–H and O–H groups in total. The van der Waals surface area contributed by atoms with Gasteiger partial charge in [0.1, 0.15) is 11.2 Å². The molecule has 0 saturated carbocycles. The van der Waals surface area contributed by atoms with Crippen LogP contribution in [0.1, 0.15) is 45.5 Å². The number of thiophene rings is 1. The largest absolute Gasteiger partial charge is 0.319 e. The lowest BCUT2D eigenvalue weighted by atomic mass is 9.89. The van der Waals surface area contributed by atoms with Gasteiger partial charge in [-0.25, -0.2) is 14.5 Å². The minimum absolute atomic E-state index is 0.165. The minimum atomic E-state index is -0.304. The lowest BCUT2D eigenvalue weighted by molar-refractivity contribution is 0.101. The van der Waals surface area contributed by atoms with Gasteiger partial charge in [-0.2, -0.15) is 0 Å². The second-order valence-electron chi connectivity index (χ2n) is 7.75. The van der Waals surface area contributed by atoms with Gasteiger partial charge in [0.15, 0.2) is 5.65 Å². The molecule has 3 heterocycles. The molecule has 0 aliphatic heterocycles. The van der Waals surface area contributed by atoms with E-state index in [9.17, 15) is 4.79 Å². The fraction of sp³-hybridized carbons (Fsp3) is 0.333. The highest BCUT2D eigenvalue weighted by molar-refractivity contribution is 7.19. The van der Waals surface area contributed by atoms with Gasteiger partial charge in [0.2, 0.25) is 5.82 Å². The Morgan fingerprint density at radius 1 is 1.32 bits per heavy atom. The Labute approximate surface area is 166 Å². The number of aromatic nitrogens is 4. The Balaban J connectivity index is 1.56. The Morgan fingerprint density at radius 3 is 3.00 bits per heavy atom. The van der Waals surface area contributed by atoms with E-state index in [-0.39, 0.29) is 11.7 Å². The number of carbonyl (C=O) groups excluding carboxylic acids is 1. The number of aryl methyl sites for hydroxylation is 3. The summed E-state index contributed by atoms with van der Waals surface area (Å²) in [6.07, 6.45) is 4.96. The summed E-state index contributed by atoms with van der Waals surface area (Å²) >= 11 is 1.75. The standard InChI is InChI=1S/C21H21N5OS/c1-11-5-7-15(13(3)8-11)23-20(27)18-24-19-17-14-6-4-12(2)9-16(14)28-21(17)22-10-26(19)25-18/h5,7-8,10,12H,4,6,9H2,1-3H3,(H,23,27)/t12-/m1/s1. The highest BCUT2D eigenvalue weighted by Crippen LogP contribution is 2.38. The van der Waals surface area contributed by atoms with Crippen molar-refractivity contribution in [3.8, 4) is 0 Å². The molecule has 1 aliphatic rings. The summed E-state index contributed by atoms with van der Waals surface area (Å²) in [4.78, 5) is 24.3. The number of carbonyl (C=O) groups is 1. The van der Waals surface area contributed by atoms with Gasteiger partial charge in [0.25, 0.3) is 5.91 Å². The molecule has 1 amide bonds. The van der Waals surface area contributed by atoms with Gasteiger partial charge in [0, 0.05) is 10.6 Å². The van der Waals surface area contributed by atoms with Crippen LogP contribution in [0.2, 0.25) is 0 Å². The zero-order chi connectivity index (χ0) is 19.4. The smallest absolute Gasteiger partial charge is 0.295 e. The van der Waals surface area contributed by atoms with E-state index < -0.39 is 0 Å². The van der Waals surface area contributed by atoms with Crippen LogP contribution in [-0.2, 0) is 12.8 Å². The topological polar surface area (TPSA) is 72.2 Å². The molecule has 1 aliphatic carbocycles. The molecule has 5 rings (SSSR count). The number of nitrogens with zero attached hydrogens (tertiary/aromatic N) is 4. The van der Waals surface area contributed by atoms with Gasteiger partial charge < -0.3 is 5.32 Å². The van der Waals surface area contributed by atoms with Crippen LogP contribution in [0.15, 0.2) is 24.5 Å². The maximum Gasteiger partial charge on any atom is 0.295 e. The number of hydrogen-bond donors (Lipinski definition) is 1. The van der Waals surface area contributed by atoms with Crippen molar-refractivity contribution in [1.82, 2.24) is 19.6 Å². The van der Waals surface area contributed by atoms with Crippen LogP contribution in [0.4, 0.5) is 5.69 Å². The average Bonchev–Trinajstić information content (AvgIpc) is 3.24. The summed E-state index contributed by atoms with van der Waals surface area (Å²) < 4.78 is 1.63. The Morgan fingerprint density at radius 2 is 2.18 bits per heavy atom. The summed E-state index contributed by atoms with van der Waals surface area (Å²) in [5, 5.41) is 8.38. The van der Waals surface area contributed by atoms with Crippen molar-refractivity contribution in [1.29, 1.82) is 0 Å². The molecule has 0 saturated heterocycles. The fourth-order valence-electron chi connectivity index (χ4n) is 3.97. The third kappa shape index (κ3) is 2.77. The number of amides is 1. The van der Waals surface area contributed by atoms with Crippen LogP contribution in [0.25, 0.3) is 15.9 Å². The van der Waals surface area contributed by atoms with E-state index in [1.165, 1.54) is 16.9 Å². The Kier molecular flexibility index (Phi) is 3.94. The number of benzene rings is 1. The van der Waals surface area contributed by atoms with Crippen molar-refractivity contribution >= 4 is 38.8 Å². The first-order chi connectivity index (χ1) is 13.5. The third-order valence-corrected chi connectivity index (χ3v) is 6.63. The summed E-state index contributed by atoms with van der Waals surface area (Å²) in [5.74, 6) is 0.563. The summed E-state index contributed by atoms with van der Waals surface area (Å²) in [7, 11) is 0. The number of rotatable bonds is 2. The normalized spacial score (nSPS) is 16.5. The van der Waals surface area contributed by atoms with Crippen LogP contribution in [-0.4, -0.2) is 25.5 Å². The van der Waals surface area contributed by atoms with Gasteiger partial charge in [-0.15, -0.1) is 16.4 Å². The van der Waals surface area contributed by atoms with Crippen molar-refractivity contribution in [2.45, 2.75) is 40.0 Å². The Hall–Kier alpha value is -2.80. The molecule has 4 aromatic rings. The van der Waals surface area contributed by atoms with E-state index in [2.05, 4.69) is 27.3 Å². The molecular formula is C21H21N5OS. The third-order valence-electron chi connectivity index (χ3n) is 5.47. The maximum atomic E-state index is 12.8. The molecule has 0 unspecified atom stereocenters. The van der Waals surface area contributed by atoms with E-state index in [0.717, 1.165) is 45.5 Å². The van der Waals surface area contributed by atoms with E-state index in [0.29, 0.717) is 5.92 Å². The number of anilines is 1. The first-order valence-corrected chi connectivity index (χ1v) is 10.4. The van der Waals surface area contributed by atoms with Gasteiger partial charge >= 0.3 is 0 Å². The monoisotopic (exact) mass is 391 g/mol. The zero-order valence-electron chi connectivity index (χ0n) is 16.1. The van der Waals surface area contributed by atoms with Gasteiger partial charge in [-0.1, -0.05) is 24.6 Å². The first-order valence-electron chi connectivity index (χ1n) is 9.54. The molecule has 142 valence electrons. The number of nitrogens with one attached hydrogen (secondary N) is 1. The molecule has 3 aromatic heterocycles. The van der Waals surface area contributed by atoms with Gasteiger partial charge in [-0.3, -0.25) is 4.79 Å². The van der Waals surface area contributed by atoms with Gasteiger partial charge in [0.05, 0.1) is 5.39 Å². The summed E-state index contributed by atoms with van der Waals surface area (Å²) in [5.41, 5.74) is 5.01. The zero-order valence-corrected chi connectivity index (χ0v) is 16.9. The second kappa shape index (κ2) is 6.38. The van der Waals surface area contributed by atoms with E-state index in [1.807, 2.05) is 32.0 Å². The maximum absolute atomic E-state index is 12.8. The summed E-state index contributed by atoms with van der Waals surface area (Å²) in [6.45, 7) is 6.30. The number of hydrogen-bond acceptors (Lipinski definition) is 5. The van der Waals surface area contributed by atoms with Crippen LogP contribution in [0.5, 0.6) is 0 Å². The van der Waals surface area contributed by atoms with Crippen molar-refractivity contribution in [3.63, 3.8) is 0 Å². The van der Waals surface area contributed by atoms with Crippen LogP contribution in [0, 0.1) is 19.8 Å². The van der Waals surface area contributed by atoms with Crippen LogP contribution < -0.4 is 5.32 Å². The quantitative estimate of drug-likeness (QED) is 0.552. The van der Waals surface area contributed by atoms with Crippen molar-refractivity contribution in [2.24, 2.45) is 5.92 Å². The van der Waals surface area contributed by atoms with Crippen LogP contribution in [0.3, 0.4) is 0 Å². The highest BCUT2D eigenvalue weighted by Gasteiger charge is 2.24. The van der Waals surface area contributed by atoms with Crippen LogP contribution >= 0.6 is 11.3 Å². The number of fused-ring (bicyclic) bond motifs is 5. The lowest BCUT2D eigenvalue weighted by Crippen LogP contribution is -2.14. The highest BCUT2D eigenvalue weighted by atomic mass is 32.1. The lowest BCUT2D eigenvalue weighted by Gasteiger charge is -2.17. The molecule has 28 heavy (non-hydrogen) atoms. The second-order valence-corrected chi connectivity index (χ2v) is 8.84. The average molecular weight is 392 g/mol. The molecule has 1 aromatic carbocycles. The fourth-order valence-corrected chi connectivity index (χ4v) is 5.31. The molecule has 1 atom stereocenters. The van der Waals surface area contributed by atoms with Gasteiger partial charge in [-0.05, 0) is 56.2 Å². The predicted molar refractivity (Wildman–Crippen MR) is 111 cm³/mol. The van der Waals surface area contributed by atoms with Crippen molar-refractivity contribution in [3.05, 3.63) is 51.9 Å². The van der Waals surface area contributed by atoms with Crippen molar-refractivity contribution in [2.75, 3.05) is 5.32 Å². The molecule has 6 nitrogen and oxygen atoms in total. The molecule has 0 fully saturated rings. The minimum Gasteiger partial charge on any atom is -0.319 e. The SMILES string of the molecule is Cc1ccc(NC(=O)c2nc3c4c5c(sc4ncn3n2)C[C@H](C)CC5)c(C)c1. The van der Waals surface area contributed by atoms with E-state index in [1.54, 1.807) is 22.2 Å². The van der Waals surface area contributed by atoms with E-state index >= 15 is 0 Å². The molecule has 7 heteroatoms.